The SMILES string of the molecule is CCCNC(=O)[C@H](Cc1ccccc1)N(Cc1ccc(Cl)c(Cl)c1)C(=O)CCCOc1ccc(C)cc1. The lowest BCUT2D eigenvalue weighted by atomic mass is 10.0. The van der Waals surface area contributed by atoms with Crippen molar-refractivity contribution in [1.29, 1.82) is 0 Å². The summed E-state index contributed by atoms with van der Waals surface area (Å²) in [5, 5.41) is 3.84. The first-order valence-corrected chi connectivity index (χ1v) is 13.4. The van der Waals surface area contributed by atoms with Crippen molar-refractivity contribution in [2.75, 3.05) is 13.2 Å². The number of aryl methyl sites for hydroxylation is 1. The van der Waals surface area contributed by atoms with Gasteiger partial charge in [0.15, 0.2) is 0 Å². The minimum absolute atomic E-state index is 0.119. The van der Waals surface area contributed by atoms with Crippen LogP contribution in [0, 0.1) is 6.92 Å². The van der Waals surface area contributed by atoms with Gasteiger partial charge in [0.2, 0.25) is 11.8 Å². The van der Waals surface area contributed by atoms with E-state index in [1.807, 2.05) is 74.5 Å². The first kappa shape index (κ1) is 28.5. The van der Waals surface area contributed by atoms with E-state index in [-0.39, 0.29) is 24.8 Å². The van der Waals surface area contributed by atoms with Crippen molar-refractivity contribution in [3.63, 3.8) is 0 Å². The molecular formula is C30H34Cl2N2O3. The lowest BCUT2D eigenvalue weighted by Gasteiger charge is -2.31. The fraction of sp³-hybridized carbons (Fsp3) is 0.333. The summed E-state index contributed by atoms with van der Waals surface area (Å²) in [5.74, 6) is 0.479. The Morgan fingerprint density at radius 1 is 0.946 bits per heavy atom. The Labute approximate surface area is 229 Å². The van der Waals surface area contributed by atoms with Crippen LogP contribution in [0.5, 0.6) is 5.75 Å². The van der Waals surface area contributed by atoms with E-state index in [0.717, 1.165) is 28.9 Å². The lowest BCUT2D eigenvalue weighted by molar-refractivity contribution is -0.141. The van der Waals surface area contributed by atoms with Crippen LogP contribution in [0.2, 0.25) is 10.0 Å². The summed E-state index contributed by atoms with van der Waals surface area (Å²) in [7, 11) is 0. The number of nitrogens with zero attached hydrogens (tertiary/aromatic N) is 1. The van der Waals surface area contributed by atoms with Crippen LogP contribution in [0.15, 0.2) is 72.8 Å². The monoisotopic (exact) mass is 540 g/mol. The summed E-state index contributed by atoms with van der Waals surface area (Å²) in [6, 6.07) is 22.2. The first-order valence-electron chi connectivity index (χ1n) is 12.6. The topological polar surface area (TPSA) is 58.6 Å². The van der Waals surface area contributed by atoms with Gasteiger partial charge in [-0.1, -0.05) is 84.2 Å². The molecule has 0 aliphatic carbocycles. The maximum atomic E-state index is 13.6. The standard InChI is InChI=1S/C30H34Cl2N2O3/c1-3-17-33-30(36)28(20-23-8-5-4-6-9-23)34(21-24-13-16-26(31)27(32)19-24)29(35)10-7-18-37-25-14-11-22(2)12-15-25/h4-6,8-9,11-16,19,28H,3,7,10,17-18,20-21H2,1-2H3,(H,33,36)/t28-/m0/s1. The van der Waals surface area contributed by atoms with Crippen molar-refractivity contribution in [1.82, 2.24) is 10.2 Å². The maximum Gasteiger partial charge on any atom is 0.243 e. The van der Waals surface area contributed by atoms with Gasteiger partial charge in [-0.25, -0.2) is 0 Å². The van der Waals surface area contributed by atoms with Gasteiger partial charge in [0.05, 0.1) is 16.7 Å². The fourth-order valence-electron chi connectivity index (χ4n) is 3.95. The molecule has 0 bridgehead atoms. The molecule has 0 heterocycles. The number of hydrogen-bond donors (Lipinski definition) is 1. The largest absolute Gasteiger partial charge is 0.494 e. The molecule has 0 aromatic heterocycles. The van der Waals surface area contributed by atoms with E-state index >= 15 is 0 Å². The Bertz CT molecular complexity index is 1150. The van der Waals surface area contributed by atoms with Crippen molar-refractivity contribution in [2.24, 2.45) is 0 Å². The van der Waals surface area contributed by atoms with Gasteiger partial charge < -0.3 is 15.0 Å². The van der Waals surface area contributed by atoms with Crippen molar-refractivity contribution in [3.8, 4) is 5.75 Å². The summed E-state index contributed by atoms with van der Waals surface area (Å²) in [6.45, 7) is 5.21. The molecule has 3 aromatic carbocycles. The molecule has 1 atom stereocenters. The van der Waals surface area contributed by atoms with Crippen LogP contribution in [0.25, 0.3) is 0 Å². The number of rotatable bonds is 13. The molecule has 0 aliphatic heterocycles. The molecule has 0 fully saturated rings. The Hall–Kier alpha value is -3.02. The molecule has 0 aliphatic rings. The number of benzene rings is 3. The highest BCUT2D eigenvalue weighted by molar-refractivity contribution is 6.42. The third-order valence-electron chi connectivity index (χ3n) is 5.98. The normalized spacial score (nSPS) is 11.6. The van der Waals surface area contributed by atoms with Crippen LogP contribution in [-0.2, 0) is 22.6 Å². The number of halogens is 2. The van der Waals surface area contributed by atoms with Crippen LogP contribution >= 0.6 is 23.2 Å². The molecule has 7 heteroatoms. The molecule has 1 N–H and O–H groups in total. The van der Waals surface area contributed by atoms with Crippen LogP contribution in [-0.4, -0.2) is 35.9 Å². The predicted octanol–water partition coefficient (Wildman–Crippen LogP) is 6.63. The van der Waals surface area contributed by atoms with Gasteiger partial charge in [0.25, 0.3) is 0 Å². The second-order valence-electron chi connectivity index (χ2n) is 9.03. The number of carbonyl (C=O) groups excluding carboxylic acids is 2. The maximum absolute atomic E-state index is 13.6. The van der Waals surface area contributed by atoms with Crippen LogP contribution < -0.4 is 10.1 Å². The molecule has 0 spiro atoms. The molecule has 37 heavy (non-hydrogen) atoms. The number of carbonyl (C=O) groups is 2. The Morgan fingerprint density at radius 2 is 1.68 bits per heavy atom. The summed E-state index contributed by atoms with van der Waals surface area (Å²) in [5.41, 5.74) is 2.94. The third kappa shape index (κ3) is 9.10. The zero-order chi connectivity index (χ0) is 26.6. The second-order valence-corrected chi connectivity index (χ2v) is 9.85. The van der Waals surface area contributed by atoms with Crippen LogP contribution in [0.4, 0.5) is 0 Å². The van der Waals surface area contributed by atoms with E-state index < -0.39 is 6.04 Å². The van der Waals surface area contributed by atoms with Crippen molar-refractivity contribution >= 4 is 35.0 Å². The highest BCUT2D eigenvalue weighted by atomic mass is 35.5. The Balaban J connectivity index is 1.79. The molecule has 3 aromatic rings. The molecule has 0 radical (unpaired) electrons. The van der Waals surface area contributed by atoms with E-state index in [4.69, 9.17) is 27.9 Å². The van der Waals surface area contributed by atoms with Crippen molar-refractivity contribution in [3.05, 3.63) is 99.5 Å². The number of amides is 2. The van der Waals surface area contributed by atoms with Gasteiger partial charge in [0, 0.05) is 25.9 Å². The Morgan fingerprint density at radius 3 is 2.35 bits per heavy atom. The van der Waals surface area contributed by atoms with Gasteiger partial charge in [-0.05, 0) is 55.2 Å². The molecule has 5 nitrogen and oxygen atoms in total. The quantitative estimate of drug-likeness (QED) is 0.247. The molecule has 3 rings (SSSR count). The van der Waals surface area contributed by atoms with E-state index in [9.17, 15) is 9.59 Å². The van der Waals surface area contributed by atoms with Gasteiger partial charge >= 0.3 is 0 Å². The molecular weight excluding hydrogens is 507 g/mol. The van der Waals surface area contributed by atoms with E-state index in [2.05, 4.69) is 5.32 Å². The Kier molecular flexibility index (Phi) is 11.3. The van der Waals surface area contributed by atoms with E-state index in [1.165, 1.54) is 0 Å². The van der Waals surface area contributed by atoms with Crippen molar-refractivity contribution in [2.45, 2.75) is 52.1 Å². The zero-order valence-corrected chi connectivity index (χ0v) is 22.9. The second kappa shape index (κ2) is 14.7. The summed E-state index contributed by atoms with van der Waals surface area (Å²) < 4.78 is 5.81. The molecule has 0 unspecified atom stereocenters. The fourth-order valence-corrected chi connectivity index (χ4v) is 4.27. The summed E-state index contributed by atoms with van der Waals surface area (Å²) in [4.78, 5) is 28.6. The smallest absolute Gasteiger partial charge is 0.243 e. The predicted molar refractivity (Wildman–Crippen MR) is 150 cm³/mol. The van der Waals surface area contributed by atoms with Crippen LogP contribution in [0.3, 0.4) is 0 Å². The summed E-state index contributed by atoms with van der Waals surface area (Å²) >= 11 is 12.4. The summed E-state index contributed by atoms with van der Waals surface area (Å²) in [6.07, 6.45) is 1.99. The number of hydrogen-bond acceptors (Lipinski definition) is 3. The zero-order valence-electron chi connectivity index (χ0n) is 21.4. The minimum Gasteiger partial charge on any atom is -0.494 e. The van der Waals surface area contributed by atoms with Gasteiger partial charge in [-0.15, -0.1) is 0 Å². The number of nitrogens with one attached hydrogen (secondary N) is 1. The van der Waals surface area contributed by atoms with E-state index in [0.29, 0.717) is 36.0 Å². The highest BCUT2D eigenvalue weighted by Gasteiger charge is 2.30. The first-order chi connectivity index (χ1) is 17.9. The average molecular weight is 542 g/mol. The van der Waals surface area contributed by atoms with Gasteiger partial charge in [0.1, 0.15) is 11.8 Å². The van der Waals surface area contributed by atoms with Gasteiger partial charge in [-0.3, -0.25) is 9.59 Å². The van der Waals surface area contributed by atoms with E-state index in [1.54, 1.807) is 17.0 Å². The average Bonchev–Trinajstić information content (AvgIpc) is 2.90. The number of ether oxygens (including phenoxy) is 1. The molecule has 2 amide bonds. The lowest BCUT2D eigenvalue weighted by Crippen LogP contribution is -2.50. The molecule has 0 saturated heterocycles. The van der Waals surface area contributed by atoms with Crippen LogP contribution in [0.1, 0.15) is 42.9 Å². The third-order valence-corrected chi connectivity index (χ3v) is 6.72. The minimum atomic E-state index is -0.672. The molecule has 196 valence electrons. The van der Waals surface area contributed by atoms with Gasteiger partial charge in [-0.2, -0.15) is 0 Å². The highest BCUT2D eigenvalue weighted by Crippen LogP contribution is 2.25. The van der Waals surface area contributed by atoms with Crippen molar-refractivity contribution < 1.29 is 14.3 Å². The molecule has 0 saturated carbocycles.